The molecule has 1 amide bonds. The second kappa shape index (κ2) is 10.1. The standard InChI is InChI=1S/C28H34N6O2/c35-26(20-4-2-1-3-5-20)25-13-10-23(29-25)18-19-6-8-22(9-7-19)28(36)33-16-14-21(15-17-33)27-30-31-32-34(27)24-11-12-24/h1-9,21,23-26,29,35H,10-18H2/t23-,25+,26+/m0/s1. The summed E-state index contributed by atoms with van der Waals surface area (Å²) in [6, 6.07) is 18.8. The molecule has 2 N–H and O–H groups in total. The van der Waals surface area contributed by atoms with Gasteiger partial charge in [0.05, 0.1) is 12.1 Å². The first-order valence-electron chi connectivity index (χ1n) is 13.3. The number of nitrogens with zero attached hydrogens (tertiary/aromatic N) is 5. The van der Waals surface area contributed by atoms with Gasteiger partial charge in [0.25, 0.3) is 5.91 Å². The summed E-state index contributed by atoms with van der Waals surface area (Å²) in [5.74, 6) is 1.43. The van der Waals surface area contributed by atoms with E-state index in [1.165, 1.54) is 18.4 Å². The number of amides is 1. The Labute approximate surface area is 211 Å². The number of nitrogens with one attached hydrogen (secondary N) is 1. The van der Waals surface area contributed by atoms with Crippen LogP contribution >= 0.6 is 0 Å². The Morgan fingerprint density at radius 3 is 2.44 bits per heavy atom. The lowest BCUT2D eigenvalue weighted by Gasteiger charge is -2.31. The van der Waals surface area contributed by atoms with E-state index in [-0.39, 0.29) is 11.9 Å². The molecule has 8 heteroatoms. The van der Waals surface area contributed by atoms with E-state index in [4.69, 9.17) is 0 Å². The molecular weight excluding hydrogens is 452 g/mol. The van der Waals surface area contributed by atoms with Crippen LogP contribution in [0.3, 0.4) is 0 Å². The lowest BCUT2D eigenvalue weighted by molar-refractivity contribution is 0.0710. The third-order valence-corrected chi connectivity index (χ3v) is 8.04. The number of tetrazole rings is 1. The Morgan fingerprint density at radius 1 is 0.972 bits per heavy atom. The number of aromatic nitrogens is 4. The molecule has 2 aromatic carbocycles. The zero-order valence-electron chi connectivity index (χ0n) is 20.5. The topological polar surface area (TPSA) is 96.2 Å². The van der Waals surface area contributed by atoms with E-state index in [1.807, 2.05) is 52.0 Å². The minimum absolute atomic E-state index is 0.0788. The van der Waals surface area contributed by atoms with E-state index in [1.54, 1.807) is 0 Å². The number of carbonyl (C=O) groups is 1. The van der Waals surface area contributed by atoms with E-state index < -0.39 is 6.10 Å². The van der Waals surface area contributed by atoms with Crippen molar-refractivity contribution in [3.63, 3.8) is 0 Å². The molecule has 6 rings (SSSR count). The van der Waals surface area contributed by atoms with Gasteiger partial charge in [-0.05, 0) is 78.6 Å². The summed E-state index contributed by atoms with van der Waals surface area (Å²) in [7, 11) is 0. The molecule has 3 heterocycles. The molecule has 0 unspecified atom stereocenters. The maximum atomic E-state index is 13.1. The van der Waals surface area contributed by atoms with Gasteiger partial charge in [-0.15, -0.1) is 5.10 Å². The maximum Gasteiger partial charge on any atom is 0.253 e. The Kier molecular flexibility index (Phi) is 6.54. The zero-order valence-corrected chi connectivity index (χ0v) is 20.5. The first-order valence-corrected chi connectivity index (χ1v) is 13.3. The van der Waals surface area contributed by atoms with Crippen LogP contribution in [0.2, 0.25) is 0 Å². The number of benzene rings is 2. The Balaban J connectivity index is 1.00. The van der Waals surface area contributed by atoms with Crippen LogP contribution < -0.4 is 5.32 Å². The van der Waals surface area contributed by atoms with Gasteiger partial charge in [0.15, 0.2) is 5.82 Å². The van der Waals surface area contributed by atoms with Gasteiger partial charge in [-0.2, -0.15) is 0 Å². The van der Waals surface area contributed by atoms with Gasteiger partial charge in [-0.1, -0.05) is 42.5 Å². The van der Waals surface area contributed by atoms with Crippen molar-refractivity contribution in [2.75, 3.05) is 13.1 Å². The van der Waals surface area contributed by atoms with Crippen molar-refractivity contribution in [3.8, 4) is 0 Å². The highest BCUT2D eigenvalue weighted by atomic mass is 16.3. The third-order valence-electron chi connectivity index (χ3n) is 8.04. The van der Waals surface area contributed by atoms with E-state index >= 15 is 0 Å². The average Bonchev–Trinajstić information content (AvgIpc) is 3.47. The molecule has 3 aliphatic rings. The summed E-state index contributed by atoms with van der Waals surface area (Å²) in [5, 5.41) is 26.7. The van der Waals surface area contributed by atoms with E-state index in [2.05, 4.69) is 33.0 Å². The largest absolute Gasteiger partial charge is 0.387 e. The molecular formula is C28H34N6O2. The second-order valence-corrected chi connectivity index (χ2v) is 10.6. The van der Waals surface area contributed by atoms with Crippen LogP contribution in [0.15, 0.2) is 54.6 Å². The van der Waals surface area contributed by atoms with Gasteiger partial charge in [-0.3, -0.25) is 4.79 Å². The van der Waals surface area contributed by atoms with Crippen LogP contribution in [0.25, 0.3) is 0 Å². The number of aliphatic hydroxyl groups is 1. The van der Waals surface area contributed by atoms with Gasteiger partial charge < -0.3 is 15.3 Å². The van der Waals surface area contributed by atoms with Crippen molar-refractivity contribution >= 4 is 5.91 Å². The summed E-state index contributed by atoms with van der Waals surface area (Å²) in [6.45, 7) is 1.47. The summed E-state index contributed by atoms with van der Waals surface area (Å²) in [6.07, 6.45) is 6.54. The second-order valence-electron chi connectivity index (χ2n) is 10.6. The third kappa shape index (κ3) is 4.92. The highest BCUT2D eigenvalue weighted by molar-refractivity contribution is 5.94. The Bertz CT molecular complexity index is 1170. The number of rotatable bonds is 7. The van der Waals surface area contributed by atoms with E-state index in [0.717, 1.165) is 62.1 Å². The number of likely N-dealkylation sites (tertiary alicyclic amines) is 1. The van der Waals surface area contributed by atoms with Crippen molar-refractivity contribution < 1.29 is 9.90 Å². The van der Waals surface area contributed by atoms with Crippen LogP contribution in [0.1, 0.15) is 83.9 Å². The molecule has 1 aromatic heterocycles. The minimum atomic E-state index is -0.485. The van der Waals surface area contributed by atoms with Crippen molar-refractivity contribution in [3.05, 3.63) is 77.1 Å². The molecule has 8 nitrogen and oxygen atoms in total. The summed E-state index contributed by atoms with van der Waals surface area (Å²) >= 11 is 0. The molecule has 0 bridgehead atoms. The lowest BCUT2D eigenvalue weighted by Crippen LogP contribution is -2.38. The predicted octanol–water partition coefficient (Wildman–Crippen LogP) is 3.42. The fraction of sp³-hybridized carbons (Fsp3) is 0.500. The summed E-state index contributed by atoms with van der Waals surface area (Å²) < 4.78 is 2.00. The fourth-order valence-electron chi connectivity index (χ4n) is 5.78. The van der Waals surface area contributed by atoms with Crippen LogP contribution in [-0.2, 0) is 6.42 Å². The van der Waals surface area contributed by atoms with Gasteiger partial charge in [0.2, 0.25) is 0 Å². The van der Waals surface area contributed by atoms with Crippen LogP contribution in [0, 0.1) is 0 Å². The van der Waals surface area contributed by atoms with Crippen LogP contribution in [0.4, 0.5) is 0 Å². The zero-order chi connectivity index (χ0) is 24.5. The highest BCUT2D eigenvalue weighted by Gasteiger charge is 2.33. The van der Waals surface area contributed by atoms with E-state index in [9.17, 15) is 9.90 Å². The quantitative estimate of drug-likeness (QED) is 0.531. The molecule has 1 aliphatic carbocycles. The highest BCUT2D eigenvalue weighted by Crippen LogP contribution is 2.37. The molecule has 0 spiro atoms. The van der Waals surface area contributed by atoms with Gasteiger partial charge in [0, 0.05) is 36.7 Å². The van der Waals surface area contributed by atoms with Crippen molar-refractivity contribution in [2.45, 2.75) is 75.1 Å². The molecule has 2 saturated heterocycles. The van der Waals surface area contributed by atoms with Gasteiger partial charge in [-0.25, -0.2) is 4.68 Å². The normalized spacial score (nSPS) is 23.6. The average molecular weight is 487 g/mol. The molecule has 2 aliphatic heterocycles. The Hall–Kier alpha value is -3.10. The molecule has 0 radical (unpaired) electrons. The number of aliphatic hydroxyl groups excluding tert-OH is 1. The number of carbonyl (C=O) groups excluding carboxylic acids is 1. The maximum absolute atomic E-state index is 13.1. The fourth-order valence-corrected chi connectivity index (χ4v) is 5.78. The van der Waals surface area contributed by atoms with Crippen LogP contribution in [0.5, 0.6) is 0 Å². The molecule has 3 atom stereocenters. The van der Waals surface area contributed by atoms with Crippen molar-refractivity contribution in [1.82, 2.24) is 30.4 Å². The number of hydrogen-bond donors (Lipinski definition) is 2. The number of piperidine rings is 1. The molecule has 36 heavy (non-hydrogen) atoms. The van der Waals surface area contributed by atoms with Gasteiger partial charge in [0.1, 0.15) is 0 Å². The summed E-state index contributed by atoms with van der Waals surface area (Å²) in [4.78, 5) is 15.1. The molecule has 3 fully saturated rings. The van der Waals surface area contributed by atoms with Crippen molar-refractivity contribution in [1.29, 1.82) is 0 Å². The first kappa shape index (κ1) is 23.3. The lowest BCUT2D eigenvalue weighted by atomic mass is 9.95. The number of hydrogen-bond acceptors (Lipinski definition) is 6. The van der Waals surface area contributed by atoms with E-state index in [0.29, 0.717) is 18.0 Å². The molecule has 3 aromatic rings. The predicted molar refractivity (Wildman–Crippen MR) is 135 cm³/mol. The molecule has 188 valence electrons. The van der Waals surface area contributed by atoms with Crippen molar-refractivity contribution in [2.24, 2.45) is 0 Å². The molecule has 1 saturated carbocycles. The minimum Gasteiger partial charge on any atom is -0.387 e. The van der Waals surface area contributed by atoms with Crippen LogP contribution in [-0.4, -0.2) is 61.3 Å². The SMILES string of the molecule is O=C(c1ccc(C[C@@H]2CC[C@H]([C@H](O)c3ccccc3)N2)cc1)N1CCC(c2nnnn2C2CC2)CC1. The first-order chi connectivity index (χ1) is 17.7. The monoisotopic (exact) mass is 486 g/mol. The Morgan fingerprint density at radius 2 is 1.72 bits per heavy atom. The smallest absolute Gasteiger partial charge is 0.253 e. The van der Waals surface area contributed by atoms with Gasteiger partial charge >= 0.3 is 0 Å². The summed E-state index contributed by atoms with van der Waals surface area (Å²) in [5.41, 5.74) is 2.92.